The van der Waals surface area contributed by atoms with Gasteiger partial charge < -0.3 is 15.6 Å². The van der Waals surface area contributed by atoms with Crippen molar-refractivity contribution in [1.82, 2.24) is 20.1 Å². The predicted octanol–water partition coefficient (Wildman–Crippen LogP) is 4.70. The highest BCUT2D eigenvalue weighted by Gasteiger charge is 2.24. The van der Waals surface area contributed by atoms with Gasteiger partial charge in [0.15, 0.2) is 0 Å². The summed E-state index contributed by atoms with van der Waals surface area (Å²) >= 11 is 1.34. The van der Waals surface area contributed by atoms with Crippen LogP contribution in [0.1, 0.15) is 20.9 Å². The van der Waals surface area contributed by atoms with Crippen LogP contribution in [0.5, 0.6) is 0 Å². The van der Waals surface area contributed by atoms with Gasteiger partial charge in [-0.15, -0.1) is 11.3 Å². The maximum atomic E-state index is 13.4. The van der Waals surface area contributed by atoms with Crippen molar-refractivity contribution in [3.05, 3.63) is 101 Å². The van der Waals surface area contributed by atoms with E-state index in [4.69, 9.17) is 0 Å². The van der Waals surface area contributed by atoms with Gasteiger partial charge in [0, 0.05) is 41.1 Å². The van der Waals surface area contributed by atoms with Crippen molar-refractivity contribution < 1.29 is 9.59 Å². The van der Waals surface area contributed by atoms with Crippen LogP contribution in [-0.2, 0) is 11.2 Å². The van der Waals surface area contributed by atoms with Gasteiger partial charge in [0.2, 0.25) is 5.91 Å². The van der Waals surface area contributed by atoms with Crippen molar-refractivity contribution in [2.24, 2.45) is 0 Å². The van der Waals surface area contributed by atoms with Gasteiger partial charge in [0.25, 0.3) is 5.91 Å². The number of nitrogens with zero attached hydrogens (tertiary/aromatic N) is 2. The summed E-state index contributed by atoms with van der Waals surface area (Å²) in [4.78, 5) is 30.0. The van der Waals surface area contributed by atoms with Crippen LogP contribution < -0.4 is 10.6 Å². The van der Waals surface area contributed by atoms with Gasteiger partial charge in [-0.3, -0.25) is 9.59 Å². The highest BCUT2D eigenvalue weighted by atomic mass is 32.1. The summed E-state index contributed by atoms with van der Waals surface area (Å²) in [5, 5.41) is 13.1. The number of nitrogens with one attached hydrogen (secondary N) is 3. The molecule has 5 aromatic rings. The molecule has 3 heterocycles. The molecule has 5 rings (SSSR count). The minimum absolute atomic E-state index is 0.268. The number of anilines is 1. The molecule has 1 unspecified atom stereocenters. The number of hydrogen-bond acceptors (Lipinski definition) is 4. The molecule has 0 spiro atoms. The maximum Gasteiger partial charge on any atom is 0.262 e. The zero-order chi connectivity index (χ0) is 23.5. The summed E-state index contributed by atoms with van der Waals surface area (Å²) in [6.45, 7) is 1.97. The van der Waals surface area contributed by atoms with Crippen molar-refractivity contribution >= 4 is 39.7 Å². The van der Waals surface area contributed by atoms with E-state index < -0.39 is 6.04 Å². The number of aromatic amines is 1. The van der Waals surface area contributed by atoms with Gasteiger partial charge in [0.1, 0.15) is 6.04 Å². The Kier molecular flexibility index (Phi) is 5.97. The molecule has 1 atom stereocenters. The number of H-pyrrole nitrogens is 1. The molecule has 0 bridgehead atoms. The minimum atomic E-state index is -0.760. The molecule has 8 heteroatoms. The number of carbonyl (C=O) groups is 2. The quantitative estimate of drug-likeness (QED) is 0.323. The summed E-state index contributed by atoms with van der Waals surface area (Å²) in [6.07, 6.45) is 3.98. The lowest BCUT2D eigenvalue weighted by Gasteiger charge is -2.18. The lowest BCUT2D eigenvalue weighted by atomic mass is 10.0. The molecule has 0 aliphatic heterocycles. The number of fused-ring (bicyclic) bond motifs is 1. The zero-order valence-electron chi connectivity index (χ0n) is 18.5. The van der Waals surface area contributed by atoms with E-state index in [9.17, 15) is 9.59 Å². The number of benzene rings is 2. The molecular weight excluding hydrogens is 446 g/mol. The third-order valence-electron chi connectivity index (χ3n) is 5.66. The van der Waals surface area contributed by atoms with Crippen molar-refractivity contribution in [3.8, 4) is 5.69 Å². The summed E-state index contributed by atoms with van der Waals surface area (Å²) in [6, 6.07) is 20.1. The molecule has 0 radical (unpaired) electrons. The van der Waals surface area contributed by atoms with Crippen LogP contribution >= 0.6 is 11.3 Å². The second-order valence-electron chi connectivity index (χ2n) is 7.99. The number of hydrogen-bond donors (Lipinski definition) is 3. The molecule has 0 saturated heterocycles. The number of aromatic nitrogens is 3. The smallest absolute Gasteiger partial charge is 0.262 e. The van der Waals surface area contributed by atoms with E-state index in [1.54, 1.807) is 16.9 Å². The van der Waals surface area contributed by atoms with Gasteiger partial charge in [-0.1, -0.05) is 30.3 Å². The van der Waals surface area contributed by atoms with E-state index in [1.165, 1.54) is 11.3 Å². The Labute approximate surface area is 200 Å². The molecule has 3 N–H and O–H groups in total. The van der Waals surface area contributed by atoms with E-state index in [-0.39, 0.29) is 11.8 Å². The molecule has 3 aromatic heterocycles. The lowest BCUT2D eigenvalue weighted by molar-refractivity contribution is -0.118. The second-order valence-corrected chi connectivity index (χ2v) is 8.94. The van der Waals surface area contributed by atoms with Gasteiger partial charge in [0.05, 0.1) is 10.6 Å². The summed E-state index contributed by atoms with van der Waals surface area (Å²) in [7, 11) is 0. The zero-order valence-corrected chi connectivity index (χ0v) is 19.3. The molecule has 34 heavy (non-hydrogen) atoms. The Morgan fingerprint density at radius 2 is 1.97 bits per heavy atom. The molecule has 170 valence electrons. The number of aryl methyl sites for hydroxylation is 1. The van der Waals surface area contributed by atoms with Crippen LogP contribution in [0.4, 0.5) is 5.69 Å². The van der Waals surface area contributed by atoms with Crippen LogP contribution in [0.25, 0.3) is 16.6 Å². The van der Waals surface area contributed by atoms with Crippen molar-refractivity contribution in [2.45, 2.75) is 19.4 Å². The van der Waals surface area contributed by atoms with Gasteiger partial charge in [-0.05, 0) is 54.3 Å². The summed E-state index contributed by atoms with van der Waals surface area (Å²) in [5.74, 6) is -0.555. The first-order valence-corrected chi connectivity index (χ1v) is 11.8. The summed E-state index contributed by atoms with van der Waals surface area (Å²) < 4.78 is 1.80. The van der Waals surface area contributed by atoms with Crippen molar-refractivity contribution in [3.63, 3.8) is 0 Å². The fraction of sp³-hybridized carbons (Fsp3) is 0.115. The first-order valence-electron chi connectivity index (χ1n) is 10.9. The first-order chi connectivity index (χ1) is 16.6. The molecular formula is C26H23N5O2S. The van der Waals surface area contributed by atoms with Gasteiger partial charge in [-0.2, -0.15) is 5.10 Å². The average Bonchev–Trinajstić information content (AvgIpc) is 3.60. The number of thiophene rings is 1. The number of para-hydroxylation sites is 1. The van der Waals surface area contributed by atoms with Gasteiger partial charge in [-0.25, -0.2) is 4.68 Å². The van der Waals surface area contributed by atoms with Crippen LogP contribution in [0.15, 0.2) is 84.5 Å². The van der Waals surface area contributed by atoms with Crippen LogP contribution in [0.3, 0.4) is 0 Å². The summed E-state index contributed by atoms with van der Waals surface area (Å²) in [5.41, 5.74) is 4.42. The normalized spacial score (nSPS) is 11.9. The third kappa shape index (κ3) is 4.49. The van der Waals surface area contributed by atoms with Crippen LogP contribution in [-0.4, -0.2) is 32.6 Å². The Hall–Kier alpha value is -4.17. The average molecular weight is 470 g/mol. The van der Waals surface area contributed by atoms with Crippen LogP contribution in [0, 0.1) is 6.92 Å². The Morgan fingerprint density at radius 3 is 2.76 bits per heavy atom. The topological polar surface area (TPSA) is 91.8 Å². The molecule has 0 saturated carbocycles. The second kappa shape index (κ2) is 9.36. The number of amides is 2. The van der Waals surface area contributed by atoms with E-state index in [2.05, 4.69) is 20.7 Å². The maximum absolute atomic E-state index is 13.4. The van der Waals surface area contributed by atoms with Gasteiger partial charge >= 0.3 is 0 Å². The molecule has 7 nitrogen and oxygen atoms in total. The van der Waals surface area contributed by atoms with Crippen molar-refractivity contribution in [2.75, 3.05) is 5.32 Å². The Bertz CT molecular complexity index is 1450. The largest absolute Gasteiger partial charge is 0.361 e. The Morgan fingerprint density at radius 1 is 1.09 bits per heavy atom. The highest BCUT2D eigenvalue weighted by molar-refractivity contribution is 7.12. The van der Waals surface area contributed by atoms with E-state index >= 15 is 0 Å². The predicted molar refractivity (Wildman–Crippen MR) is 135 cm³/mol. The Balaban J connectivity index is 1.40. The minimum Gasteiger partial charge on any atom is -0.361 e. The molecule has 2 aromatic carbocycles. The standard InChI is InChI=1S/C26H23N5O2S/c1-17-11-12-28-31(17)20-7-4-6-19(15-20)29-25(32)23(30-26(33)24-10-5-13-34-24)14-18-16-27-22-9-3-2-8-21(18)22/h2-13,15-16,23,27H,14H2,1H3,(H,29,32)(H,30,33). The first kappa shape index (κ1) is 21.7. The highest BCUT2D eigenvalue weighted by Crippen LogP contribution is 2.21. The lowest BCUT2D eigenvalue weighted by Crippen LogP contribution is -2.45. The molecule has 0 aliphatic carbocycles. The van der Waals surface area contributed by atoms with E-state index in [0.717, 1.165) is 27.8 Å². The SMILES string of the molecule is Cc1ccnn1-c1cccc(NC(=O)C(Cc2c[nH]c3ccccc23)NC(=O)c2cccs2)c1. The monoisotopic (exact) mass is 469 g/mol. The van der Waals surface area contributed by atoms with E-state index in [1.807, 2.05) is 79.2 Å². The molecule has 0 fully saturated rings. The number of rotatable bonds is 7. The van der Waals surface area contributed by atoms with E-state index in [0.29, 0.717) is 17.0 Å². The molecule has 0 aliphatic rings. The molecule has 2 amide bonds. The van der Waals surface area contributed by atoms with Crippen LogP contribution in [0.2, 0.25) is 0 Å². The number of carbonyl (C=O) groups excluding carboxylic acids is 2. The fourth-order valence-electron chi connectivity index (χ4n) is 3.95. The fourth-order valence-corrected chi connectivity index (χ4v) is 4.58. The third-order valence-corrected chi connectivity index (χ3v) is 6.52. The van der Waals surface area contributed by atoms with Crippen molar-refractivity contribution in [1.29, 1.82) is 0 Å².